The number of anilines is 1. The first-order valence-corrected chi connectivity index (χ1v) is 16.5. The van der Waals surface area contributed by atoms with Gasteiger partial charge < -0.3 is 10.2 Å². The lowest BCUT2D eigenvalue weighted by Crippen LogP contribution is -2.52. The molecule has 0 aromatic heterocycles. The van der Waals surface area contributed by atoms with Crippen LogP contribution in [0.15, 0.2) is 72.8 Å². The van der Waals surface area contributed by atoms with Crippen molar-refractivity contribution in [2.24, 2.45) is 0 Å². The van der Waals surface area contributed by atoms with Crippen LogP contribution in [0, 0.1) is 20.8 Å². The van der Waals surface area contributed by atoms with Crippen LogP contribution in [0.1, 0.15) is 60.9 Å². The molecule has 3 aromatic rings. The van der Waals surface area contributed by atoms with Crippen molar-refractivity contribution in [2.75, 3.05) is 17.1 Å². The molecule has 0 bridgehead atoms. The summed E-state index contributed by atoms with van der Waals surface area (Å²) in [5.74, 6) is -0.383. The number of aryl methyl sites for hydroxylation is 3. The Morgan fingerprint density at radius 3 is 2.14 bits per heavy atom. The summed E-state index contributed by atoms with van der Waals surface area (Å²) in [4.78, 5) is 29.3. The highest BCUT2D eigenvalue weighted by Crippen LogP contribution is 2.23. The molecular formula is C34H45N3O4S. The molecule has 0 heterocycles. The Labute approximate surface area is 252 Å². The van der Waals surface area contributed by atoms with Crippen molar-refractivity contribution in [3.05, 3.63) is 101 Å². The third-order valence-corrected chi connectivity index (χ3v) is 8.87. The first-order chi connectivity index (χ1) is 19.9. The van der Waals surface area contributed by atoms with E-state index in [1.807, 2.05) is 101 Å². The lowest BCUT2D eigenvalue weighted by Gasteiger charge is -2.33. The van der Waals surface area contributed by atoms with Crippen LogP contribution in [-0.2, 0) is 32.6 Å². The molecule has 3 rings (SSSR count). The van der Waals surface area contributed by atoms with Crippen LogP contribution < -0.4 is 9.62 Å². The first-order valence-electron chi connectivity index (χ1n) is 14.6. The van der Waals surface area contributed by atoms with Gasteiger partial charge in [0.25, 0.3) is 0 Å². The van der Waals surface area contributed by atoms with Crippen molar-refractivity contribution >= 4 is 27.5 Å². The zero-order valence-electron chi connectivity index (χ0n) is 25.8. The summed E-state index contributed by atoms with van der Waals surface area (Å²) >= 11 is 0. The number of nitrogens with one attached hydrogen (secondary N) is 1. The third kappa shape index (κ3) is 9.44. The summed E-state index contributed by atoms with van der Waals surface area (Å²) in [7, 11) is -3.56. The largest absolute Gasteiger partial charge is 0.352 e. The maximum atomic E-state index is 14.0. The van der Waals surface area contributed by atoms with Gasteiger partial charge in [-0.05, 0) is 74.9 Å². The fourth-order valence-corrected chi connectivity index (χ4v) is 5.73. The molecule has 0 spiro atoms. The van der Waals surface area contributed by atoms with Crippen LogP contribution in [-0.4, -0.2) is 50.0 Å². The highest BCUT2D eigenvalue weighted by molar-refractivity contribution is 7.92. The number of carbonyl (C=O) groups excluding carboxylic acids is 2. The highest BCUT2D eigenvalue weighted by atomic mass is 32.2. The Bertz CT molecular complexity index is 1440. The van der Waals surface area contributed by atoms with E-state index in [4.69, 9.17) is 0 Å². The fraction of sp³-hybridized carbons (Fsp3) is 0.412. The Kier molecular flexibility index (Phi) is 11.7. The van der Waals surface area contributed by atoms with Crippen molar-refractivity contribution in [1.29, 1.82) is 0 Å². The standard InChI is InChI=1S/C34H45N3O4S/c1-7-28(5)35-34(39)32(23-29-12-9-8-10-13-29)36(24-30-18-15-25(2)16-19-30)33(38)14-11-21-37(42(6,40)41)31-20-17-26(3)27(4)22-31/h8-10,12-13,15-20,22,28,32H,7,11,14,21,23-24H2,1-6H3,(H,35,39)/t28-,32-/m1/s1. The molecule has 226 valence electrons. The van der Waals surface area contributed by atoms with Crippen molar-refractivity contribution in [2.45, 2.75) is 78.9 Å². The van der Waals surface area contributed by atoms with Gasteiger partial charge in [0.2, 0.25) is 21.8 Å². The minimum atomic E-state index is -3.56. The fourth-order valence-electron chi connectivity index (χ4n) is 4.77. The average molecular weight is 592 g/mol. The average Bonchev–Trinajstić information content (AvgIpc) is 2.95. The Morgan fingerprint density at radius 1 is 0.881 bits per heavy atom. The second-order valence-electron chi connectivity index (χ2n) is 11.2. The molecule has 0 unspecified atom stereocenters. The maximum absolute atomic E-state index is 14.0. The van der Waals surface area contributed by atoms with Crippen LogP contribution in [0.5, 0.6) is 0 Å². The van der Waals surface area contributed by atoms with Crippen LogP contribution >= 0.6 is 0 Å². The second-order valence-corrected chi connectivity index (χ2v) is 13.1. The Hall–Kier alpha value is -3.65. The number of hydrogen-bond donors (Lipinski definition) is 1. The van der Waals surface area contributed by atoms with Crippen molar-refractivity contribution in [3.8, 4) is 0 Å². The molecule has 7 nitrogen and oxygen atoms in total. The molecule has 0 aliphatic heterocycles. The van der Waals surface area contributed by atoms with E-state index in [2.05, 4.69) is 5.32 Å². The minimum absolute atomic E-state index is 0.0339. The van der Waals surface area contributed by atoms with Crippen LogP contribution in [0.25, 0.3) is 0 Å². The molecule has 0 saturated heterocycles. The van der Waals surface area contributed by atoms with Crippen LogP contribution in [0.2, 0.25) is 0 Å². The van der Waals surface area contributed by atoms with E-state index < -0.39 is 16.1 Å². The number of sulfonamides is 1. The van der Waals surface area contributed by atoms with E-state index in [0.717, 1.165) is 34.2 Å². The second kappa shape index (κ2) is 15.0. The number of benzene rings is 3. The van der Waals surface area contributed by atoms with Crippen molar-refractivity contribution in [3.63, 3.8) is 0 Å². The van der Waals surface area contributed by atoms with Gasteiger partial charge >= 0.3 is 0 Å². The summed E-state index contributed by atoms with van der Waals surface area (Å²) < 4.78 is 26.8. The molecule has 0 aliphatic carbocycles. The molecule has 0 saturated carbocycles. The van der Waals surface area contributed by atoms with E-state index in [9.17, 15) is 18.0 Å². The minimum Gasteiger partial charge on any atom is -0.352 e. The van der Waals surface area contributed by atoms with Crippen molar-refractivity contribution < 1.29 is 18.0 Å². The number of rotatable bonds is 14. The zero-order valence-corrected chi connectivity index (χ0v) is 26.6. The van der Waals surface area contributed by atoms with Gasteiger partial charge in [0.15, 0.2) is 0 Å². The molecule has 1 N–H and O–H groups in total. The summed E-state index contributed by atoms with van der Waals surface area (Å²) in [5.41, 5.74) is 5.66. The zero-order chi connectivity index (χ0) is 30.9. The van der Waals surface area contributed by atoms with Gasteiger partial charge in [-0.25, -0.2) is 8.42 Å². The predicted octanol–water partition coefficient (Wildman–Crippen LogP) is 5.71. The van der Waals surface area contributed by atoms with Crippen molar-refractivity contribution in [1.82, 2.24) is 10.2 Å². The molecule has 3 aromatic carbocycles. The molecule has 2 atom stereocenters. The monoisotopic (exact) mass is 591 g/mol. The van der Waals surface area contributed by atoms with Gasteiger partial charge in [0, 0.05) is 32.0 Å². The van der Waals surface area contributed by atoms with Gasteiger partial charge in [-0.2, -0.15) is 0 Å². The SMILES string of the molecule is CC[C@@H](C)NC(=O)[C@@H](Cc1ccccc1)N(Cc1ccc(C)cc1)C(=O)CCCN(c1ccc(C)c(C)c1)S(C)(=O)=O. The van der Waals surface area contributed by atoms with Gasteiger partial charge in [-0.15, -0.1) is 0 Å². The van der Waals surface area contributed by atoms with E-state index in [0.29, 0.717) is 18.5 Å². The number of carbonyl (C=O) groups is 2. The van der Waals surface area contributed by atoms with Crippen LogP contribution in [0.4, 0.5) is 5.69 Å². The van der Waals surface area contributed by atoms with Gasteiger partial charge in [0.05, 0.1) is 11.9 Å². The normalized spacial score (nSPS) is 12.8. The van der Waals surface area contributed by atoms with E-state index >= 15 is 0 Å². The predicted molar refractivity (Wildman–Crippen MR) is 171 cm³/mol. The summed E-state index contributed by atoms with van der Waals surface area (Å²) in [5, 5.41) is 3.09. The molecule has 2 amide bonds. The molecule has 0 fully saturated rings. The molecule has 0 radical (unpaired) electrons. The van der Waals surface area contributed by atoms with Gasteiger partial charge in [0.1, 0.15) is 6.04 Å². The Morgan fingerprint density at radius 2 is 1.55 bits per heavy atom. The molecule has 8 heteroatoms. The molecular weight excluding hydrogens is 546 g/mol. The lowest BCUT2D eigenvalue weighted by molar-refractivity contribution is -0.141. The Balaban J connectivity index is 1.89. The van der Waals surface area contributed by atoms with Gasteiger partial charge in [-0.1, -0.05) is 73.2 Å². The van der Waals surface area contributed by atoms with Crippen LogP contribution in [0.3, 0.4) is 0 Å². The third-order valence-electron chi connectivity index (χ3n) is 7.68. The summed E-state index contributed by atoms with van der Waals surface area (Å²) in [6, 6.07) is 22.5. The number of amides is 2. The lowest BCUT2D eigenvalue weighted by atomic mass is 10.0. The summed E-state index contributed by atoms with van der Waals surface area (Å²) in [6.07, 6.45) is 2.75. The van der Waals surface area contributed by atoms with E-state index in [1.165, 1.54) is 10.6 Å². The smallest absolute Gasteiger partial charge is 0.243 e. The summed E-state index contributed by atoms with van der Waals surface area (Å²) in [6.45, 7) is 10.3. The number of nitrogens with zero attached hydrogens (tertiary/aromatic N) is 2. The van der Waals surface area contributed by atoms with E-state index in [1.54, 1.807) is 11.0 Å². The van der Waals surface area contributed by atoms with Gasteiger partial charge in [-0.3, -0.25) is 13.9 Å². The molecule has 0 aliphatic rings. The highest BCUT2D eigenvalue weighted by Gasteiger charge is 2.31. The van der Waals surface area contributed by atoms with E-state index in [-0.39, 0.29) is 37.4 Å². The topological polar surface area (TPSA) is 86.8 Å². The number of hydrogen-bond acceptors (Lipinski definition) is 4. The first kappa shape index (κ1) is 32.9. The maximum Gasteiger partial charge on any atom is 0.243 e. The molecule has 42 heavy (non-hydrogen) atoms. The quantitative estimate of drug-likeness (QED) is 0.260.